The van der Waals surface area contributed by atoms with E-state index in [0.717, 1.165) is 28.3 Å². The highest BCUT2D eigenvalue weighted by Crippen LogP contribution is 2.51. The summed E-state index contributed by atoms with van der Waals surface area (Å²) in [6.45, 7) is 4.72. The normalized spacial score (nSPS) is 12.8. The van der Waals surface area contributed by atoms with Crippen molar-refractivity contribution < 1.29 is 0 Å². The number of hydrogen-bond acceptors (Lipinski definition) is 1. The maximum Gasteiger partial charge on any atom is 0.0619 e. The van der Waals surface area contributed by atoms with E-state index in [-0.39, 0.29) is 5.41 Å². The average molecular weight is 905 g/mol. The largest absolute Gasteiger partial charge is 0.310 e. The third-order valence-corrected chi connectivity index (χ3v) is 15.4. The molecule has 2 nitrogen and oxygen atoms in total. The lowest BCUT2D eigenvalue weighted by molar-refractivity contribution is 0.660. The Labute approximate surface area is 414 Å². The molecule has 2 heteroatoms. The van der Waals surface area contributed by atoms with Crippen molar-refractivity contribution in [3.63, 3.8) is 0 Å². The van der Waals surface area contributed by atoms with E-state index in [4.69, 9.17) is 0 Å². The number of benzene rings is 12. The van der Waals surface area contributed by atoms with Gasteiger partial charge in [0.15, 0.2) is 0 Å². The monoisotopic (exact) mass is 904 g/mol. The van der Waals surface area contributed by atoms with Gasteiger partial charge < -0.3 is 9.47 Å². The zero-order chi connectivity index (χ0) is 47.2. The molecule has 334 valence electrons. The van der Waals surface area contributed by atoms with Crippen LogP contribution in [0.2, 0.25) is 0 Å². The van der Waals surface area contributed by atoms with E-state index >= 15 is 0 Å². The van der Waals surface area contributed by atoms with E-state index in [9.17, 15) is 0 Å². The van der Waals surface area contributed by atoms with Gasteiger partial charge in [0, 0.05) is 44.4 Å². The van der Waals surface area contributed by atoms with Gasteiger partial charge in [-0.1, -0.05) is 214 Å². The molecule has 13 aromatic rings. The fourth-order valence-electron chi connectivity index (χ4n) is 12.0. The molecule has 0 spiro atoms. The minimum Gasteiger partial charge on any atom is -0.310 e. The first kappa shape index (κ1) is 41.0. The fourth-order valence-corrected chi connectivity index (χ4v) is 12.0. The van der Waals surface area contributed by atoms with Crippen LogP contribution >= 0.6 is 0 Å². The number of fused-ring (bicyclic) bond motifs is 10. The molecule has 0 radical (unpaired) electrons. The van der Waals surface area contributed by atoms with Crippen LogP contribution < -0.4 is 4.90 Å². The van der Waals surface area contributed by atoms with Gasteiger partial charge in [0.1, 0.15) is 0 Å². The second-order valence-electron chi connectivity index (χ2n) is 19.6. The topological polar surface area (TPSA) is 8.17 Å². The van der Waals surface area contributed by atoms with E-state index in [0.29, 0.717) is 0 Å². The predicted molar refractivity (Wildman–Crippen MR) is 302 cm³/mol. The Balaban J connectivity index is 0.921. The first-order valence-corrected chi connectivity index (χ1v) is 24.8. The summed E-state index contributed by atoms with van der Waals surface area (Å²) in [5.74, 6) is 0. The number of para-hydroxylation sites is 3. The smallest absolute Gasteiger partial charge is 0.0619 e. The summed E-state index contributed by atoms with van der Waals surface area (Å²) in [5, 5.41) is 10.0. The molecule has 1 aliphatic carbocycles. The van der Waals surface area contributed by atoms with Crippen molar-refractivity contribution in [3.05, 3.63) is 266 Å². The van der Waals surface area contributed by atoms with Crippen LogP contribution in [0.25, 0.3) is 104 Å². The average Bonchev–Trinajstić information content (AvgIpc) is 3.89. The van der Waals surface area contributed by atoms with Crippen LogP contribution in [-0.2, 0) is 5.41 Å². The van der Waals surface area contributed by atoms with E-state index in [1.807, 2.05) is 0 Å². The molecule has 0 amide bonds. The molecule has 1 aromatic heterocycles. The van der Waals surface area contributed by atoms with Crippen LogP contribution in [0.1, 0.15) is 25.0 Å². The molecule has 0 N–H and O–H groups in total. The van der Waals surface area contributed by atoms with E-state index in [1.54, 1.807) is 0 Å². The third kappa shape index (κ3) is 6.42. The van der Waals surface area contributed by atoms with Crippen molar-refractivity contribution in [1.82, 2.24) is 4.57 Å². The summed E-state index contributed by atoms with van der Waals surface area (Å²) < 4.78 is 2.52. The summed E-state index contributed by atoms with van der Waals surface area (Å²) in [4.78, 5) is 2.43. The minimum atomic E-state index is -0.131. The highest BCUT2D eigenvalue weighted by Gasteiger charge is 2.36. The fraction of sp³-hybridized carbons (Fsp3) is 0.0435. The highest BCUT2D eigenvalue weighted by atomic mass is 15.1. The van der Waals surface area contributed by atoms with Crippen molar-refractivity contribution in [2.24, 2.45) is 0 Å². The molecular weight excluding hydrogens is 857 g/mol. The molecule has 0 atom stereocenters. The van der Waals surface area contributed by atoms with Gasteiger partial charge >= 0.3 is 0 Å². The van der Waals surface area contributed by atoms with E-state index < -0.39 is 0 Å². The van der Waals surface area contributed by atoms with Gasteiger partial charge in [0.2, 0.25) is 0 Å². The van der Waals surface area contributed by atoms with Gasteiger partial charge in [-0.05, 0) is 131 Å². The first-order valence-electron chi connectivity index (χ1n) is 24.8. The number of aromatic nitrogens is 1. The van der Waals surface area contributed by atoms with Gasteiger partial charge in [-0.15, -0.1) is 0 Å². The molecule has 14 rings (SSSR count). The summed E-state index contributed by atoms with van der Waals surface area (Å²) in [5.41, 5.74) is 19.3. The second-order valence-corrected chi connectivity index (χ2v) is 19.6. The lowest BCUT2D eigenvalue weighted by Gasteiger charge is -2.28. The first-order chi connectivity index (χ1) is 35.0. The summed E-state index contributed by atoms with van der Waals surface area (Å²) in [6, 6.07) is 94.2. The molecule has 12 aromatic carbocycles. The van der Waals surface area contributed by atoms with Crippen LogP contribution in [0.15, 0.2) is 255 Å². The van der Waals surface area contributed by atoms with Crippen molar-refractivity contribution in [3.8, 4) is 50.2 Å². The highest BCUT2D eigenvalue weighted by molar-refractivity contribution is 6.19. The molecule has 1 heterocycles. The Morgan fingerprint density at radius 1 is 0.310 bits per heavy atom. The molecule has 0 saturated carbocycles. The van der Waals surface area contributed by atoms with Crippen molar-refractivity contribution in [1.29, 1.82) is 0 Å². The van der Waals surface area contributed by atoms with Crippen LogP contribution in [0.5, 0.6) is 0 Å². The molecule has 0 fully saturated rings. The Bertz CT molecular complexity index is 4240. The maximum absolute atomic E-state index is 2.52. The van der Waals surface area contributed by atoms with Gasteiger partial charge in [-0.3, -0.25) is 0 Å². The molecule has 1 aliphatic rings. The Kier molecular flexibility index (Phi) is 9.28. The quantitative estimate of drug-likeness (QED) is 0.145. The minimum absolute atomic E-state index is 0.131. The zero-order valence-corrected chi connectivity index (χ0v) is 39.6. The lowest BCUT2D eigenvalue weighted by atomic mass is 9.82. The third-order valence-electron chi connectivity index (χ3n) is 15.4. The number of hydrogen-bond donors (Lipinski definition) is 0. The summed E-state index contributed by atoms with van der Waals surface area (Å²) in [7, 11) is 0. The van der Waals surface area contributed by atoms with Crippen molar-refractivity contribution in [2.75, 3.05) is 4.90 Å². The number of nitrogens with zero attached hydrogens (tertiary/aromatic N) is 2. The molecule has 0 unspecified atom stereocenters. The zero-order valence-electron chi connectivity index (χ0n) is 39.6. The van der Waals surface area contributed by atoms with Crippen LogP contribution in [0, 0.1) is 0 Å². The molecule has 0 aliphatic heterocycles. The van der Waals surface area contributed by atoms with Gasteiger partial charge in [-0.25, -0.2) is 0 Å². The van der Waals surface area contributed by atoms with Gasteiger partial charge in [-0.2, -0.15) is 0 Å². The summed E-state index contributed by atoms with van der Waals surface area (Å²) >= 11 is 0. The standard InChI is InChI=1S/C69H48N2/c1-69(2)64-30-12-9-25-58(64)59-42-41-51(44-65(59)69)70(49-37-33-46(34-38-49)53-27-15-19-45-17-3-5-20-52(45)53)50-39-35-47(36-40-50)55-22-10-13-31-66(55)71-67-32-14-11-26-60(67)61-28-16-29-62(68(61)71)63-43-48-18-4-6-21-54(48)56-23-7-8-24-57(56)63/h3-44H,1-2H3. The number of anilines is 3. The van der Waals surface area contributed by atoms with Gasteiger partial charge in [0.05, 0.1) is 16.7 Å². The Morgan fingerprint density at radius 3 is 1.62 bits per heavy atom. The van der Waals surface area contributed by atoms with E-state index in [1.165, 1.54) is 104 Å². The summed E-state index contributed by atoms with van der Waals surface area (Å²) in [6.07, 6.45) is 0. The van der Waals surface area contributed by atoms with Gasteiger partial charge in [0.25, 0.3) is 0 Å². The molecule has 71 heavy (non-hydrogen) atoms. The van der Waals surface area contributed by atoms with Crippen LogP contribution in [-0.4, -0.2) is 4.57 Å². The van der Waals surface area contributed by atoms with Crippen LogP contribution in [0.3, 0.4) is 0 Å². The molecule has 0 saturated heterocycles. The maximum atomic E-state index is 2.52. The van der Waals surface area contributed by atoms with Crippen LogP contribution in [0.4, 0.5) is 17.1 Å². The lowest BCUT2D eigenvalue weighted by Crippen LogP contribution is -2.16. The number of rotatable bonds is 7. The predicted octanol–water partition coefficient (Wildman–Crippen LogP) is 19.0. The molecule has 0 bridgehead atoms. The van der Waals surface area contributed by atoms with Crippen molar-refractivity contribution in [2.45, 2.75) is 19.3 Å². The molecular formula is C69H48N2. The SMILES string of the molecule is CC1(C)c2ccccc2-c2ccc(N(c3ccc(-c4ccccc4-n4c5ccccc5c5cccc(-c6cc7ccccc7c7ccccc67)c54)cc3)c3ccc(-c4cccc5ccccc45)cc3)cc21. The van der Waals surface area contributed by atoms with Crippen molar-refractivity contribution >= 4 is 71.2 Å². The van der Waals surface area contributed by atoms with E-state index in [2.05, 4.69) is 278 Å². The second kappa shape index (κ2) is 16.1. The Morgan fingerprint density at radius 2 is 0.831 bits per heavy atom. The Hall–Kier alpha value is -8.98.